The van der Waals surface area contributed by atoms with Gasteiger partial charge in [-0.2, -0.15) is 0 Å². The molecule has 3 heterocycles. The second-order valence-electron chi connectivity index (χ2n) is 9.20. The molecule has 0 radical (unpaired) electrons. The molecule has 0 spiro atoms. The van der Waals surface area contributed by atoms with E-state index in [0.29, 0.717) is 11.7 Å². The van der Waals surface area contributed by atoms with Crippen molar-refractivity contribution in [2.24, 2.45) is 0 Å². The summed E-state index contributed by atoms with van der Waals surface area (Å²) in [4.78, 5) is 11.0. The fourth-order valence-corrected chi connectivity index (χ4v) is 4.69. The first-order chi connectivity index (χ1) is 15.4. The third-order valence-corrected chi connectivity index (χ3v) is 6.75. The van der Waals surface area contributed by atoms with Crippen molar-refractivity contribution in [1.82, 2.24) is 14.9 Å². The van der Waals surface area contributed by atoms with E-state index >= 15 is 0 Å². The summed E-state index contributed by atoms with van der Waals surface area (Å²) in [6.45, 7) is 3.84. The quantitative estimate of drug-likeness (QED) is 0.580. The lowest BCUT2D eigenvalue weighted by Gasteiger charge is -2.34. The molecule has 1 aliphatic carbocycles. The number of nitrogens with one attached hydrogen (secondary N) is 1. The van der Waals surface area contributed by atoms with Crippen LogP contribution in [0.5, 0.6) is 5.75 Å². The Morgan fingerprint density at radius 3 is 2.59 bits per heavy atom. The van der Waals surface area contributed by atoms with E-state index in [1.54, 1.807) is 12.4 Å². The van der Waals surface area contributed by atoms with Crippen molar-refractivity contribution in [1.29, 1.82) is 0 Å². The number of anilines is 1. The molecule has 0 unspecified atom stereocenters. The van der Waals surface area contributed by atoms with Crippen molar-refractivity contribution in [2.45, 2.75) is 63.2 Å². The number of rotatable bonds is 7. The summed E-state index contributed by atoms with van der Waals surface area (Å²) in [6.07, 6.45) is 8.76. The van der Waals surface area contributed by atoms with Crippen LogP contribution in [0.3, 0.4) is 0 Å². The largest absolute Gasteiger partial charge is 0.489 e. The van der Waals surface area contributed by atoms with Gasteiger partial charge < -0.3 is 20.1 Å². The molecule has 0 aromatic carbocycles. The third-order valence-electron chi connectivity index (χ3n) is 6.54. The van der Waals surface area contributed by atoms with E-state index in [-0.39, 0.29) is 18.8 Å². The van der Waals surface area contributed by atoms with Crippen LogP contribution in [0.1, 0.15) is 45.4 Å². The van der Waals surface area contributed by atoms with Crippen LogP contribution in [0.2, 0.25) is 5.15 Å². The molecule has 6 nitrogen and oxygen atoms in total. The number of hydrogen-bond acceptors (Lipinski definition) is 6. The summed E-state index contributed by atoms with van der Waals surface area (Å²) in [5.74, 6) is 0.739. The Kier molecular flexibility index (Phi) is 7.48. The van der Waals surface area contributed by atoms with E-state index in [0.717, 1.165) is 74.3 Å². The van der Waals surface area contributed by atoms with Gasteiger partial charge in [0.25, 0.3) is 0 Å². The molecule has 2 fully saturated rings. The molecule has 4 rings (SSSR count). The average molecular weight is 463 g/mol. The van der Waals surface area contributed by atoms with Gasteiger partial charge >= 0.3 is 0 Å². The monoisotopic (exact) mass is 462 g/mol. The maximum Gasteiger partial charge on any atom is 0.138 e. The number of ether oxygens (including phenoxy) is 1. The van der Waals surface area contributed by atoms with Gasteiger partial charge in [-0.05, 0) is 63.6 Å². The highest BCUT2D eigenvalue weighted by molar-refractivity contribution is 6.29. The number of likely N-dealkylation sites (tertiary alicyclic amines) is 1. The van der Waals surface area contributed by atoms with Gasteiger partial charge in [-0.1, -0.05) is 11.6 Å². The number of aliphatic hydroxyl groups is 1. The summed E-state index contributed by atoms with van der Waals surface area (Å²) in [6, 6.07) is 5.99. The first-order valence-electron chi connectivity index (χ1n) is 11.5. The number of hydrogen-bond donors (Lipinski definition) is 2. The molecule has 0 bridgehead atoms. The number of alkyl halides is 1. The molecular formula is C24H32ClFN4O2. The van der Waals surface area contributed by atoms with Gasteiger partial charge in [-0.15, -0.1) is 0 Å². The van der Waals surface area contributed by atoms with E-state index in [2.05, 4.69) is 20.2 Å². The first-order valence-corrected chi connectivity index (χ1v) is 11.9. The van der Waals surface area contributed by atoms with Crippen LogP contribution in [-0.4, -0.2) is 64.0 Å². The van der Waals surface area contributed by atoms with Gasteiger partial charge in [0.2, 0.25) is 0 Å². The topological polar surface area (TPSA) is 70.5 Å². The van der Waals surface area contributed by atoms with Crippen LogP contribution in [0, 0.1) is 0 Å². The summed E-state index contributed by atoms with van der Waals surface area (Å²) >= 11 is 6.18. The van der Waals surface area contributed by atoms with Gasteiger partial charge in [0, 0.05) is 43.1 Å². The minimum Gasteiger partial charge on any atom is -0.489 e. The molecule has 2 aromatic heterocycles. The highest BCUT2D eigenvalue weighted by Crippen LogP contribution is 2.34. The SMILES string of the molecule is CC1(O)CCC(Nc2cc(Cl)ncc2-c2ccc(OC3CCN(CCF)CC3)cn2)CC1. The highest BCUT2D eigenvalue weighted by Gasteiger charge is 2.29. The maximum atomic E-state index is 12.5. The van der Waals surface area contributed by atoms with Crippen molar-refractivity contribution in [2.75, 3.05) is 31.6 Å². The Labute approximate surface area is 194 Å². The number of halogens is 2. The Morgan fingerprint density at radius 1 is 1.19 bits per heavy atom. The van der Waals surface area contributed by atoms with E-state index < -0.39 is 5.60 Å². The lowest BCUT2D eigenvalue weighted by molar-refractivity contribution is 0.0196. The Hall–Kier alpha value is -1.96. The lowest BCUT2D eigenvalue weighted by Crippen LogP contribution is -2.39. The normalized spacial score (nSPS) is 24.9. The van der Waals surface area contributed by atoms with Crippen LogP contribution in [0.15, 0.2) is 30.6 Å². The molecule has 0 amide bonds. The fraction of sp³-hybridized carbons (Fsp3) is 0.583. The van der Waals surface area contributed by atoms with Crippen LogP contribution in [0.4, 0.5) is 10.1 Å². The maximum absolute atomic E-state index is 12.5. The Balaban J connectivity index is 1.40. The molecular weight excluding hydrogens is 431 g/mol. The molecule has 174 valence electrons. The molecule has 0 atom stereocenters. The summed E-state index contributed by atoms with van der Waals surface area (Å²) in [5, 5.41) is 14.2. The molecule has 2 N–H and O–H groups in total. The Morgan fingerprint density at radius 2 is 1.94 bits per heavy atom. The van der Waals surface area contributed by atoms with Gasteiger partial charge in [-0.25, -0.2) is 9.37 Å². The number of aromatic nitrogens is 2. The minimum absolute atomic E-state index is 0.136. The zero-order valence-corrected chi connectivity index (χ0v) is 19.3. The van der Waals surface area contributed by atoms with Crippen molar-refractivity contribution < 1.29 is 14.2 Å². The molecule has 1 saturated carbocycles. The van der Waals surface area contributed by atoms with Gasteiger partial charge in [0.1, 0.15) is 23.7 Å². The second kappa shape index (κ2) is 10.3. The van der Waals surface area contributed by atoms with Gasteiger partial charge in [0.15, 0.2) is 0 Å². The molecule has 8 heteroatoms. The van der Waals surface area contributed by atoms with Crippen LogP contribution in [-0.2, 0) is 0 Å². The van der Waals surface area contributed by atoms with Gasteiger partial charge in [0.05, 0.1) is 17.5 Å². The molecule has 1 saturated heterocycles. The third kappa shape index (κ3) is 6.09. The van der Waals surface area contributed by atoms with Crippen molar-refractivity contribution in [3.8, 4) is 17.0 Å². The van der Waals surface area contributed by atoms with E-state index in [1.807, 2.05) is 25.1 Å². The van der Waals surface area contributed by atoms with Crippen molar-refractivity contribution in [3.63, 3.8) is 0 Å². The standard InChI is InChI=1S/C24H32ClFN4O2/c1-24(31)8-4-17(5-9-24)29-22-14-23(25)28-16-20(22)21-3-2-19(15-27-21)32-18-6-11-30(12-7-18)13-10-26/h2-3,14-18,31H,4-13H2,1H3,(H,28,29). The predicted octanol–water partition coefficient (Wildman–Crippen LogP) is 4.72. The molecule has 32 heavy (non-hydrogen) atoms. The highest BCUT2D eigenvalue weighted by atomic mass is 35.5. The van der Waals surface area contributed by atoms with Crippen LogP contribution in [0.25, 0.3) is 11.3 Å². The number of nitrogens with zero attached hydrogens (tertiary/aromatic N) is 3. The van der Waals surface area contributed by atoms with E-state index in [9.17, 15) is 9.50 Å². The fourth-order valence-electron chi connectivity index (χ4n) is 4.53. The summed E-state index contributed by atoms with van der Waals surface area (Å²) in [5.41, 5.74) is 2.01. The lowest BCUT2D eigenvalue weighted by atomic mass is 9.83. The zero-order valence-electron chi connectivity index (χ0n) is 18.6. The number of pyridine rings is 2. The van der Waals surface area contributed by atoms with E-state index in [1.165, 1.54) is 0 Å². The van der Waals surface area contributed by atoms with Crippen molar-refractivity contribution >= 4 is 17.3 Å². The smallest absolute Gasteiger partial charge is 0.138 e. The van der Waals surface area contributed by atoms with Crippen LogP contribution >= 0.6 is 11.6 Å². The molecule has 1 aliphatic heterocycles. The van der Waals surface area contributed by atoms with E-state index in [4.69, 9.17) is 16.3 Å². The zero-order chi connectivity index (χ0) is 22.6. The average Bonchev–Trinajstić information content (AvgIpc) is 2.78. The first kappa shape index (κ1) is 23.2. The minimum atomic E-state index is -0.571. The van der Waals surface area contributed by atoms with Gasteiger partial charge in [-0.3, -0.25) is 4.98 Å². The summed E-state index contributed by atoms with van der Waals surface area (Å²) in [7, 11) is 0. The van der Waals surface area contributed by atoms with Crippen molar-refractivity contribution in [3.05, 3.63) is 35.7 Å². The molecule has 2 aromatic rings. The Bertz CT molecular complexity index is 878. The second-order valence-corrected chi connectivity index (χ2v) is 9.58. The predicted molar refractivity (Wildman–Crippen MR) is 125 cm³/mol. The number of piperidine rings is 1. The summed E-state index contributed by atoms with van der Waals surface area (Å²) < 4.78 is 18.6. The van der Waals surface area contributed by atoms with Crippen LogP contribution < -0.4 is 10.1 Å². The molecule has 2 aliphatic rings.